The van der Waals surface area contributed by atoms with Crippen LogP contribution in [0.5, 0.6) is 5.75 Å². The number of nitrogens with zero attached hydrogens (tertiary/aromatic N) is 3. The van der Waals surface area contributed by atoms with Crippen LogP contribution in [0, 0.1) is 0 Å². The maximum atomic E-state index is 12.7. The third kappa shape index (κ3) is 5.29. The van der Waals surface area contributed by atoms with E-state index < -0.39 is 0 Å². The zero-order chi connectivity index (χ0) is 26.4. The number of nitrogens with one attached hydrogen (secondary N) is 2. The normalized spacial score (nSPS) is 16.8. The number of aromatic nitrogens is 4. The van der Waals surface area contributed by atoms with Crippen molar-refractivity contribution >= 4 is 16.7 Å². The fourth-order valence-corrected chi connectivity index (χ4v) is 5.11. The van der Waals surface area contributed by atoms with E-state index in [9.17, 15) is 4.79 Å². The number of hydrogen-bond donors (Lipinski definition) is 3. The second-order valence-electron chi connectivity index (χ2n) is 8.90. The van der Waals surface area contributed by atoms with E-state index in [1.807, 2.05) is 42.8 Å². The number of aromatic amines is 1. The van der Waals surface area contributed by atoms with E-state index in [1.165, 1.54) is 11.1 Å². The van der Waals surface area contributed by atoms with Gasteiger partial charge in [0.1, 0.15) is 23.1 Å². The maximum Gasteiger partial charge on any atom is 0.290 e. The van der Waals surface area contributed by atoms with E-state index in [4.69, 9.17) is 15.6 Å². The Bertz CT molecular complexity index is 1360. The first-order chi connectivity index (χ1) is 18.2. The van der Waals surface area contributed by atoms with E-state index in [0.717, 1.165) is 50.1 Å². The molecular formula is C29H36N6O2. The fraction of sp³-hybridized carbons (Fsp3) is 0.345. The molecule has 0 bridgehead atoms. The van der Waals surface area contributed by atoms with Crippen LogP contribution in [0.2, 0.25) is 0 Å². The molecule has 0 radical (unpaired) electrons. The number of nitrogens with two attached hydrogens (primary N) is 1. The predicted octanol–water partition coefficient (Wildman–Crippen LogP) is 4.67. The molecule has 8 heteroatoms. The molecule has 8 nitrogen and oxygen atoms in total. The van der Waals surface area contributed by atoms with Crippen LogP contribution >= 0.6 is 0 Å². The SMILES string of the molecule is C=C.CC.Nc1n[nH]c(=O)c2c1c(-c1ccc(OC3Cc4ccccc4C3)cc1)nn2C1CCCNC1. The van der Waals surface area contributed by atoms with E-state index in [2.05, 4.69) is 52.9 Å². The highest BCUT2D eigenvalue weighted by Crippen LogP contribution is 2.33. The lowest BCUT2D eigenvalue weighted by atomic mass is 10.1. The molecule has 4 N–H and O–H groups in total. The second kappa shape index (κ2) is 11.9. The molecule has 194 valence electrons. The molecular weight excluding hydrogens is 464 g/mol. The van der Waals surface area contributed by atoms with Gasteiger partial charge in [0, 0.05) is 24.9 Å². The third-order valence-corrected chi connectivity index (χ3v) is 6.72. The molecule has 0 spiro atoms. The molecule has 37 heavy (non-hydrogen) atoms. The predicted molar refractivity (Wildman–Crippen MR) is 150 cm³/mol. The van der Waals surface area contributed by atoms with Crippen molar-refractivity contribution < 1.29 is 4.74 Å². The molecule has 1 unspecified atom stereocenters. The number of H-pyrrole nitrogens is 1. The first kappa shape index (κ1) is 26.2. The Labute approximate surface area is 217 Å². The molecule has 0 amide bonds. The molecule has 1 fully saturated rings. The van der Waals surface area contributed by atoms with Crippen molar-refractivity contribution in [1.29, 1.82) is 0 Å². The van der Waals surface area contributed by atoms with Gasteiger partial charge < -0.3 is 15.8 Å². The number of hydrogen-bond acceptors (Lipinski definition) is 6. The summed E-state index contributed by atoms with van der Waals surface area (Å²) in [6.07, 6.45) is 3.99. The molecule has 0 saturated carbocycles. The van der Waals surface area contributed by atoms with Crippen LogP contribution in [0.3, 0.4) is 0 Å². The molecule has 6 rings (SSSR count). The molecule has 2 aromatic carbocycles. The van der Waals surface area contributed by atoms with E-state index in [0.29, 0.717) is 16.6 Å². The van der Waals surface area contributed by atoms with Gasteiger partial charge in [0.15, 0.2) is 5.82 Å². The quantitative estimate of drug-likeness (QED) is 0.351. The Kier molecular flexibility index (Phi) is 8.40. The van der Waals surface area contributed by atoms with E-state index in [1.54, 1.807) is 0 Å². The van der Waals surface area contributed by atoms with Crippen LogP contribution in [0.25, 0.3) is 22.2 Å². The highest BCUT2D eigenvalue weighted by Gasteiger charge is 2.25. The minimum absolute atomic E-state index is 0.101. The first-order valence-corrected chi connectivity index (χ1v) is 13.0. The van der Waals surface area contributed by atoms with Crippen molar-refractivity contribution in [3.05, 3.63) is 83.2 Å². The van der Waals surface area contributed by atoms with E-state index >= 15 is 0 Å². The number of nitrogen functional groups attached to an aromatic ring is 1. The number of fused-ring (bicyclic) bond motifs is 2. The van der Waals surface area contributed by atoms with Crippen LogP contribution in [0.15, 0.2) is 66.5 Å². The first-order valence-electron chi connectivity index (χ1n) is 13.0. The smallest absolute Gasteiger partial charge is 0.290 e. The zero-order valence-corrected chi connectivity index (χ0v) is 21.7. The summed E-state index contributed by atoms with van der Waals surface area (Å²) in [5, 5.41) is 15.4. The van der Waals surface area contributed by atoms with E-state index in [-0.39, 0.29) is 23.5 Å². The summed E-state index contributed by atoms with van der Waals surface area (Å²) < 4.78 is 8.08. The molecule has 1 aliphatic heterocycles. The van der Waals surface area contributed by atoms with Crippen molar-refractivity contribution in [2.45, 2.75) is 51.7 Å². The van der Waals surface area contributed by atoms with Gasteiger partial charge in [-0.1, -0.05) is 38.1 Å². The Morgan fingerprint density at radius 2 is 1.73 bits per heavy atom. The van der Waals surface area contributed by atoms with Gasteiger partial charge in [-0.15, -0.1) is 13.2 Å². The lowest BCUT2D eigenvalue weighted by Crippen LogP contribution is -2.33. The lowest BCUT2D eigenvalue weighted by Gasteiger charge is -2.23. The Hall–Kier alpha value is -3.91. The van der Waals surface area contributed by atoms with Gasteiger partial charge in [0.2, 0.25) is 0 Å². The maximum absolute atomic E-state index is 12.7. The number of rotatable bonds is 4. The Balaban J connectivity index is 0.000000765. The summed E-state index contributed by atoms with van der Waals surface area (Å²) in [5.74, 6) is 1.10. The Morgan fingerprint density at radius 3 is 2.35 bits per heavy atom. The van der Waals surface area contributed by atoms with Crippen LogP contribution in [0.1, 0.15) is 43.9 Å². The summed E-state index contributed by atoms with van der Waals surface area (Å²) in [7, 11) is 0. The monoisotopic (exact) mass is 500 g/mol. The largest absolute Gasteiger partial charge is 0.490 e. The van der Waals surface area contributed by atoms with Gasteiger partial charge in [-0.3, -0.25) is 9.48 Å². The van der Waals surface area contributed by atoms with Gasteiger partial charge >= 0.3 is 0 Å². The third-order valence-electron chi connectivity index (χ3n) is 6.72. The molecule has 3 heterocycles. The number of ether oxygens (including phenoxy) is 1. The van der Waals surface area contributed by atoms with Gasteiger partial charge in [-0.25, -0.2) is 5.10 Å². The molecule has 1 saturated heterocycles. The fourth-order valence-electron chi connectivity index (χ4n) is 5.11. The van der Waals surface area contributed by atoms with Gasteiger partial charge in [0.05, 0.1) is 11.4 Å². The summed E-state index contributed by atoms with van der Waals surface area (Å²) >= 11 is 0. The Morgan fingerprint density at radius 1 is 1.05 bits per heavy atom. The van der Waals surface area contributed by atoms with Crippen LogP contribution in [-0.2, 0) is 12.8 Å². The average molecular weight is 501 g/mol. The van der Waals surface area contributed by atoms with Crippen molar-refractivity contribution in [3.8, 4) is 17.0 Å². The minimum atomic E-state index is -0.274. The zero-order valence-electron chi connectivity index (χ0n) is 21.7. The van der Waals surface area contributed by atoms with Crippen molar-refractivity contribution in [1.82, 2.24) is 25.3 Å². The van der Waals surface area contributed by atoms with Crippen LogP contribution in [0.4, 0.5) is 5.82 Å². The average Bonchev–Trinajstić information content (AvgIpc) is 3.56. The highest BCUT2D eigenvalue weighted by molar-refractivity contribution is 5.99. The van der Waals surface area contributed by atoms with Gasteiger partial charge in [-0.05, 0) is 54.8 Å². The molecule has 4 aromatic rings. The molecule has 2 aliphatic rings. The summed E-state index contributed by atoms with van der Waals surface area (Å²) in [6.45, 7) is 11.8. The van der Waals surface area contributed by atoms with Crippen molar-refractivity contribution in [2.24, 2.45) is 0 Å². The second-order valence-corrected chi connectivity index (χ2v) is 8.90. The van der Waals surface area contributed by atoms with Crippen molar-refractivity contribution in [2.75, 3.05) is 18.8 Å². The number of benzene rings is 2. The number of anilines is 1. The van der Waals surface area contributed by atoms with Gasteiger partial charge in [0.25, 0.3) is 5.56 Å². The topological polar surface area (TPSA) is 111 Å². The lowest BCUT2D eigenvalue weighted by molar-refractivity contribution is 0.214. The molecule has 2 aromatic heterocycles. The summed E-state index contributed by atoms with van der Waals surface area (Å²) in [6, 6.07) is 16.5. The van der Waals surface area contributed by atoms with Crippen LogP contribution < -0.4 is 21.3 Å². The minimum Gasteiger partial charge on any atom is -0.490 e. The highest BCUT2D eigenvalue weighted by atomic mass is 16.5. The summed E-state index contributed by atoms with van der Waals surface area (Å²) in [4.78, 5) is 12.7. The standard InChI is InChI=1S/C25H26N6O2.C2H6.C2H4/c26-24-21-22(30-31(18-6-3-11-27-14-18)23(21)25(32)29-28-24)15-7-9-19(10-8-15)33-20-12-16-4-1-2-5-17(16)13-20;2*1-2/h1-2,4-5,7-10,18,20,27H,3,6,11-14H2,(H2,26,28)(H,29,32);1-2H3;1-2H2. The molecule has 1 atom stereocenters. The summed E-state index contributed by atoms with van der Waals surface area (Å²) in [5.41, 5.74) is 10.7. The molecule has 1 aliphatic carbocycles. The van der Waals surface area contributed by atoms with Crippen molar-refractivity contribution in [3.63, 3.8) is 0 Å². The van der Waals surface area contributed by atoms with Gasteiger partial charge in [-0.2, -0.15) is 10.2 Å². The van der Waals surface area contributed by atoms with Crippen LogP contribution in [-0.4, -0.2) is 39.2 Å². The number of piperidine rings is 1.